The molecule has 0 atom stereocenters. The van der Waals surface area contributed by atoms with Gasteiger partial charge in [0.25, 0.3) is 0 Å². The molecule has 3 heteroatoms. The van der Waals surface area contributed by atoms with Crippen LogP contribution in [0.25, 0.3) is 0 Å². The zero-order valence-corrected chi connectivity index (χ0v) is 11.7. The van der Waals surface area contributed by atoms with Crippen LogP contribution in [-0.4, -0.2) is 25.4 Å². The molecule has 0 bridgehead atoms. The van der Waals surface area contributed by atoms with Crippen LogP contribution >= 0.6 is 0 Å². The highest BCUT2D eigenvalue weighted by Gasteiger charge is 2.28. The second kappa shape index (κ2) is 4.81. The predicted octanol–water partition coefficient (Wildman–Crippen LogP) is 3.28. The molecule has 3 nitrogen and oxygen atoms in total. The molecule has 18 heavy (non-hydrogen) atoms. The van der Waals surface area contributed by atoms with E-state index in [1.807, 2.05) is 38.1 Å². The van der Waals surface area contributed by atoms with Crippen LogP contribution in [0.4, 0.5) is 0 Å². The summed E-state index contributed by atoms with van der Waals surface area (Å²) in [4.78, 5) is 0. The number of hydrogen-bond donors (Lipinski definition) is 0. The molecule has 1 aliphatic rings. The van der Waals surface area contributed by atoms with Crippen LogP contribution in [0.5, 0.6) is 11.5 Å². The largest absolute Gasteiger partial charge is 0.489 e. The van der Waals surface area contributed by atoms with Crippen molar-refractivity contribution in [1.29, 1.82) is 0 Å². The molecule has 0 amide bonds. The zero-order valence-electron chi connectivity index (χ0n) is 11.7. The summed E-state index contributed by atoms with van der Waals surface area (Å²) in [5.41, 5.74) is -0.302. The van der Waals surface area contributed by atoms with Gasteiger partial charge in [0.05, 0.1) is 18.8 Å². The van der Waals surface area contributed by atoms with E-state index in [4.69, 9.17) is 14.2 Å². The third kappa shape index (κ3) is 3.39. The van der Waals surface area contributed by atoms with Crippen LogP contribution in [-0.2, 0) is 4.74 Å². The Bertz CT molecular complexity index is 371. The maximum absolute atomic E-state index is 5.93. The molecule has 0 unspecified atom stereocenters. The van der Waals surface area contributed by atoms with Gasteiger partial charge in [-0.2, -0.15) is 0 Å². The molecular formula is C15H22O3. The summed E-state index contributed by atoms with van der Waals surface area (Å²) >= 11 is 0. The lowest BCUT2D eigenvalue weighted by Gasteiger charge is -2.33. The lowest BCUT2D eigenvalue weighted by Crippen LogP contribution is -2.38. The fourth-order valence-corrected chi connectivity index (χ4v) is 1.69. The molecule has 1 aliphatic heterocycles. The number of benzene rings is 1. The molecule has 0 aliphatic carbocycles. The Labute approximate surface area is 109 Å². The normalized spacial score (nSPS) is 22.2. The van der Waals surface area contributed by atoms with E-state index < -0.39 is 0 Å². The van der Waals surface area contributed by atoms with Crippen molar-refractivity contribution < 1.29 is 14.2 Å². The first-order valence-corrected chi connectivity index (χ1v) is 6.37. The lowest BCUT2D eigenvalue weighted by atomic mass is 9.95. The predicted molar refractivity (Wildman–Crippen MR) is 71.2 cm³/mol. The van der Waals surface area contributed by atoms with Crippen molar-refractivity contribution in [2.45, 2.75) is 33.3 Å². The van der Waals surface area contributed by atoms with E-state index in [2.05, 4.69) is 13.8 Å². The summed E-state index contributed by atoms with van der Waals surface area (Å²) in [6, 6.07) is 7.79. The van der Waals surface area contributed by atoms with Crippen molar-refractivity contribution in [3.05, 3.63) is 24.3 Å². The molecule has 2 rings (SSSR count). The molecule has 0 fully saturated rings. The van der Waals surface area contributed by atoms with Crippen molar-refractivity contribution >= 4 is 0 Å². The molecule has 0 N–H and O–H groups in total. The van der Waals surface area contributed by atoms with Crippen LogP contribution in [0.3, 0.4) is 0 Å². The number of ether oxygens (including phenoxy) is 3. The zero-order chi connectivity index (χ0) is 13.2. The summed E-state index contributed by atoms with van der Waals surface area (Å²) < 4.78 is 17.6. The summed E-state index contributed by atoms with van der Waals surface area (Å²) in [6.45, 7) is 10.2. The number of rotatable bonds is 0. The van der Waals surface area contributed by atoms with Crippen molar-refractivity contribution in [3.8, 4) is 11.5 Å². The highest BCUT2D eigenvalue weighted by molar-refractivity contribution is 5.39. The molecule has 0 spiro atoms. The average molecular weight is 250 g/mol. The fraction of sp³-hybridized carbons (Fsp3) is 0.600. The molecule has 0 aromatic heterocycles. The van der Waals surface area contributed by atoms with Crippen LogP contribution in [0, 0.1) is 5.41 Å². The van der Waals surface area contributed by atoms with Crippen molar-refractivity contribution in [1.82, 2.24) is 0 Å². The molecule has 1 heterocycles. The van der Waals surface area contributed by atoms with E-state index in [-0.39, 0.29) is 11.0 Å². The summed E-state index contributed by atoms with van der Waals surface area (Å²) in [6.07, 6.45) is 0. The van der Waals surface area contributed by atoms with Crippen LogP contribution < -0.4 is 9.47 Å². The number of hydrogen-bond acceptors (Lipinski definition) is 3. The van der Waals surface area contributed by atoms with Gasteiger partial charge in [-0.3, -0.25) is 0 Å². The monoisotopic (exact) mass is 250 g/mol. The van der Waals surface area contributed by atoms with E-state index in [0.29, 0.717) is 19.8 Å². The first kappa shape index (κ1) is 13.2. The van der Waals surface area contributed by atoms with Gasteiger partial charge in [-0.05, 0) is 26.0 Å². The average Bonchev–Trinajstić information content (AvgIpc) is 2.32. The first-order chi connectivity index (χ1) is 8.38. The van der Waals surface area contributed by atoms with Crippen molar-refractivity contribution in [3.63, 3.8) is 0 Å². The third-order valence-corrected chi connectivity index (χ3v) is 2.90. The van der Waals surface area contributed by atoms with E-state index in [0.717, 1.165) is 11.5 Å². The molecular weight excluding hydrogens is 228 g/mol. The Morgan fingerprint density at radius 2 is 1.39 bits per heavy atom. The Hall–Kier alpha value is -1.22. The topological polar surface area (TPSA) is 27.7 Å². The molecule has 1 aromatic carbocycles. The molecule has 100 valence electrons. The van der Waals surface area contributed by atoms with E-state index in [1.165, 1.54) is 0 Å². The van der Waals surface area contributed by atoms with Gasteiger partial charge in [-0.25, -0.2) is 0 Å². The summed E-state index contributed by atoms with van der Waals surface area (Å²) in [7, 11) is 0. The Morgan fingerprint density at radius 3 is 2.00 bits per heavy atom. The number of para-hydroxylation sites is 2. The Kier molecular flexibility index (Phi) is 3.53. The van der Waals surface area contributed by atoms with Gasteiger partial charge >= 0.3 is 0 Å². The SMILES string of the molecule is CC1(C)COc2ccccc2OCC(C)(C)OC1. The quantitative estimate of drug-likeness (QED) is 0.707. The smallest absolute Gasteiger partial charge is 0.161 e. The lowest BCUT2D eigenvalue weighted by molar-refractivity contribution is -0.0881. The van der Waals surface area contributed by atoms with Crippen LogP contribution in [0.1, 0.15) is 27.7 Å². The van der Waals surface area contributed by atoms with E-state index in [1.54, 1.807) is 0 Å². The fourth-order valence-electron chi connectivity index (χ4n) is 1.69. The van der Waals surface area contributed by atoms with E-state index >= 15 is 0 Å². The number of fused-ring (bicyclic) bond motifs is 1. The van der Waals surface area contributed by atoms with Gasteiger partial charge in [0, 0.05) is 5.41 Å². The minimum absolute atomic E-state index is 0.0122. The Morgan fingerprint density at radius 1 is 0.833 bits per heavy atom. The van der Waals surface area contributed by atoms with Crippen molar-refractivity contribution in [2.75, 3.05) is 19.8 Å². The summed E-state index contributed by atoms with van der Waals surface area (Å²) in [5.74, 6) is 1.59. The highest BCUT2D eigenvalue weighted by atomic mass is 16.6. The van der Waals surface area contributed by atoms with Crippen molar-refractivity contribution in [2.24, 2.45) is 5.41 Å². The van der Waals surface area contributed by atoms with Gasteiger partial charge in [0.2, 0.25) is 0 Å². The Balaban J connectivity index is 2.25. The summed E-state index contributed by atoms with van der Waals surface area (Å²) in [5, 5.41) is 0. The van der Waals surface area contributed by atoms with Gasteiger partial charge < -0.3 is 14.2 Å². The standard InChI is InChI=1S/C15H22O3/c1-14(2)9-16-12-7-5-6-8-13(12)17-11-15(3,4)18-10-14/h5-8H,9-11H2,1-4H3. The van der Waals surface area contributed by atoms with Gasteiger partial charge in [-0.15, -0.1) is 0 Å². The maximum Gasteiger partial charge on any atom is 0.161 e. The van der Waals surface area contributed by atoms with Crippen LogP contribution in [0.15, 0.2) is 24.3 Å². The first-order valence-electron chi connectivity index (χ1n) is 6.37. The minimum Gasteiger partial charge on any atom is -0.489 e. The molecule has 1 aromatic rings. The van der Waals surface area contributed by atoms with Gasteiger partial charge in [0.15, 0.2) is 11.5 Å². The highest BCUT2D eigenvalue weighted by Crippen LogP contribution is 2.31. The van der Waals surface area contributed by atoms with Gasteiger partial charge in [0.1, 0.15) is 6.61 Å². The molecule has 0 radical (unpaired) electrons. The molecule has 0 saturated heterocycles. The second-order valence-corrected chi connectivity index (χ2v) is 6.24. The van der Waals surface area contributed by atoms with E-state index in [9.17, 15) is 0 Å². The molecule has 0 saturated carbocycles. The third-order valence-electron chi connectivity index (χ3n) is 2.90. The minimum atomic E-state index is -0.290. The second-order valence-electron chi connectivity index (χ2n) is 6.24. The van der Waals surface area contributed by atoms with Gasteiger partial charge in [-0.1, -0.05) is 26.0 Å². The maximum atomic E-state index is 5.93. The van der Waals surface area contributed by atoms with Crippen LogP contribution in [0.2, 0.25) is 0 Å².